The molecule has 0 unspecified atom stereocenters. The first kappa shape index (κ1) is 20.1. The summed E-state index contributed by atoms with van der Waals surface area (Å²) in [7, 11) is 0. The van der Waals surface area contributed by atoms with Gasteiger partial charge in [-0.25, -0.2) is 18.2 Å². The molecule has 0 saturated heterocycles. The number of hydrogen-bond donors (Lipinski definition) is 2. The van der Waals surface area contributed by atoms with Crippen LogP contribution in [0.2, 0.25) is 5.02 Å². The van der Waals surface area contributed by atoms with Gasteiger partial charge in [-0.2, -0.15) is 0 Å². The predicted molar refractivity (Wildman–Crippen MR) is 112 cm³/mol. The van der Waals surface area contributed by atoms with Crippen LogP contribution in [0.15, 0.2) is 46.0 Å². The first-order valence-electron chi connectivity index (χ1n) is 9.56. The van der Waals surface area contributed by atoms with Crippen LogP contribution < -0.4 is 10.9 Å². The Balaban J connectivity index is 1.39. The number of anilines is 1. The number of carbonyl (C=O) groups is 1. The Morgan fingerprint density at radius 1 is 1.06 bits per heavy atom. The number of pyridine rings is 1. The van der Waals surface area contributed by atoms with Gasteiger partial charge < -0.3 is 15.2 Å². The van der Waals surface area contributed by atoms with Crippen LogP contribution in [0.4, 0.5) is 19.3 Å². The van der Waals surface area contributed by atoms with Crippen molar-refractivity contribution in [2.45, 2.75) is 13.0 Å². The third-order valence-corrected chi connectivity index (χ3v) is 5.65. The zero-order chi connectivity index (χ0) is 22.4. The number of aromatic amines is 1. The van der Waals surface area contributed by atoms with Crippen molar-refractivity contribution in [2.75, 3.05) is 11.9 Å². The minimum atomic E-state index is -0.780. The Hall–Kier alpha value is -3.79. The van der Waals surface area contributed by atoms with Crippen molar-refractivity contribution in [3.63, 3.8) is 0 Å². The molecule has 0 radical (unpaired) electrons. The maximum Gasteiger partial charge on any atom is 0.322 e. The number of urea groups is 1. The molecule has 0 atom stereocenters. The van der Waals surface area contributed by atoms with E-state index < -0.39 is 17.7 Å². The van der Waals surface area contributed by atoms with Crippen molar-refractivity contribution in [2.24, 2.45) is 0 Å². The fourth-order valence-electron chi connectivity index (χ4n) is 3.69. The van der Waals surface area contributed by atoms with Gasteiger partial charge in [0.25, 0.3) is 0 Å². The van der Waals surface area contributed by atoms with Gasteiger partial charge in [0.15, 0.2) is 0 Å². The number of benzene rings is 2. The van der Waals surface area contributed by atoms with Crippen LogP contribution in [-0.4, -0.2) is 32.8 Å². The summed E-state index contributed by atoms with van der Waals surface area (Å²) in [5.74, 6) is -1.45. The van der Waals surface area contributed by atoms with Crippen LogP contribution in [0.5, 0.6) is 0 Å². The Morgan fingerprint density at radius 2 is 1.84 bits per heavy atom. The molecule has 0 aliphatic carbocycles. The summed E-state index contributed by atoms with van der Waals surface area (Å²) in [4.78, 5) is 28.2. The summed E-state index contributed by atoms with van der Waals surface area (Å²) in [5, 5.41) is 9.76. The molecule has 2 aromatic heterocycles. The van der Waals surface area contributed by atoms with E-state index in [1.807, 2.05) is 0 Å². The van der Waals surface area contributed by atoms with Crippen LogP contribution in [0.3, 0.4) is 0 Å². The van der Waals surface area contributed by atoms with Gasteiger partial charge in [-0.3, -0.25) is 4.79 Å². The number of hydrogen-bond acceptors (Lipinski definition) is 5. The lowest BCUT2D eigenvalue weighted by Gasteiger charge is -2.28. The van der Waals surface area contributed by atoms with Crippen LogP contribution >= 0.6 is 11.6 Å². The van der Waals surface area contributed by atoms with E-state index in [0.29, 0.717) is 18.5 Å². The largest absolute Gasteiger partial charge is 0.329 e. The molecule has 0 fully saturated rings. The van der Waals surface area contributed by atoms with Gasteiger partial charge in [0, 0.05) is 42.5 Å². The number of halogens is 3. The molecule has 2 amide bonds. The van der Waals surface area contributed by atoms with E-state index in [-0.39, 0.29) is 39.5 Å². The summed E-state index contributed by atoms with van der Waals surface area (Å²) in [6.45, 7) is 0.634. The van der Waals surface area contributed by atoms with E-state index in [0.717, 1.165) is 23.3 Å². The highest BCUT2D eigenvalue weighted by Crippen LogP contribution is 2.35. The molecule has 2 aromatic carbocycles. The van der Waals surface area contributed by atoms with Gasteiger partial charge >= 0.3 is 6.03 Å². The molecular formula is C21H14ClF2N5O3. The van der Waals surface area contributed by atoms with Crippen molar-refractivity contribution in [3.05, 3.63) is 74.7 Å². The topological polar surface area (TPSA) is 104 Å². The molecule has 162 valence electrons. The number of amides is 2. The Kier molecular flexibility index (Phi) is 4.86. The second-order valence-corrected chi connectivity index (χ2v) is 7.75. The first-order valence-corrected chi connectivity index (χ1v) is 9.94. The van der Waals surface area contributed by atoms with Gasteiger partial charge in [0.2, 0.25) is 5.56 Å². The SMILES string of the molecule is O=C(Nc1cc(Cl)c(-c2cc3nonc3cc2F)cc1F)N1CCc2cc(=O)[nH]cc2C1. The van der Waals surface area contributed by atoms with E-state index in [1.54, 1.807) is 6.20 Å². The lowest BCUT2D eigenvalue weighted by Crippen LogP contribution is -2.39. The highest BCUT2D eigenvalue weighted by atomic mass is 35.5. The second-order valence-electron chi connectivity index (χ2n) is 7.35. The summed E-state index contributed by atoms with van der Waals surface area (Å²) in [6, 6.07) is 5.73. The average Bonchev–Trinajstić information content (AvgIpc) is 3.22. The Morgan fingerprint density at radius 3 is 2.66 bits per heavy atom. The fourth-order valence-corrected chi connectivity index (χ4v) is 3.96. The van der Waals surface area contributed by atoms with Gasteiger partial charge in [-0.05, 0) is 46.1 Å². The zero-order valence-electron chi connectivity index (χ0n) is 16.3. The average molecular weight is 458 g/mol. The minimum absolute atomic E-state index is 0.0246. The zero-order valence-corrected chi connectivity index (χ0v) is 17.0. The molecule has 0 bridgehead atoms. The Labute approximate surface area is 183 Å². The first-order chi connectivity index (χ1) is 15.4. The molecule has 11 heteroatoms. The number of nitrogens with zero attached hydrogens (tertiary/aromatic N) is 3. The number of H-pyrrole nitrogens is 1. The van der Waals surface area contributed by atoms with Gasteiger partial charge in [0.1, 0.15) is 22.7 Å². The van der Waals surface area contributed by atoms with Crippen molar-refractivity contribution < 1.29 is 18.2 Å². The van der Waals surface area contributed by atoms with E-state index in [2.05, 4.69) is 25.2 Å². The monoisotopic (exact) mass is 457 g/mol. The number of rotatable bonds is 2. The maximum absolute atomic E-state index is 14.8. The summed E-state index contributed by atoms with van der Waals surface area (Å²) >= 11 is 6.29. The lowest BCUT2D eigenvalue weighted by atomic mass is 10.0. The molecule has 5 rings (SSSR count). The fraction of sp³-hybridized carbons (Fsp3) is 0.143. The van der Waals surface area contributed by atoms with Crippen LogP contribution in [0.1, 0.15) is 11.1 Å². The summed E-state index contributed by atoms with van der Waals surface area (Å²) < 4.78 is 33.9. The van der Waals surface area contributed by atoms with Crippen LogP contribution in [0.25, 0.3) is 22.2 Å². The highest BCUT2D eigenvalue weighted by Gasteiger charge is 2.23. The molecule has 32 heavy (non-hydrogen) atoms. The third kappa shape index (κ3) is 3.58. The number of aromatic nitrogens is 3. The van der Waals surface area contributed by atoms with Gasteiger partial charge in [-0.15, -0.1) is 0 Å². The molecular weight excluding hydrogens is 444 g/mol. The minimum Gasteiger partial charge on any atom is -0.329 e. The molecule has 1 aliphatic rings. The number of carbonyl (C=O) groups excluding carboxylic acids is 1. The van der Waals surface area contributed by atoms with Gasteiger partial charge in [-0.1, -0.05) is 11.6 Å². The molecule has 0 spiro atoms. The molecule has 4 aromatic rings. The second kappa shape index (κ2) is 7.72. The maximum atomic E-state index is 14.8. The molecule has 0 saturated carbocycles. The highest BCUT2D eigenvalue weighted by molar-refractivity contribution is 6.33. The van der Waals surface area contributed by atoms with Crippen molar-refractivity contribution in [1.82, 2.24) is 20.2 Å². The predicted octanol–water partition coefficient (Wildman–Crippen LogP) is 4.10. The molecule has 2 N–H and O–H groups in total. The summed E-state index contributed by atoms with van der Waals surface area (Å²) in [5.41, 5.74) is 1.98. The third-order valence-electron chi connectivity index (χ3n) is 5.34. The smallest absolute Gasteiger partial charge is 0.322 e. The number of nitrogens with one attached hydrogen (secondary N) is 2. The van der Waals surface area contributed by atoms with Crippen molar-refractivity contribution in [3.8, 4) is 11.1 Å². The number of fused-ring (bicyclic) bond motifs is 2. The standard InChI is InChI=1S/C21H14ClF2N5O3/c22-14-6-17(26-21(31)29-2-1-10-3-20(30)25-8-11(10)9-29)16(24)4-12(14)13-5-18-19(7-15(13)23)28-32-27-18/h3-8H,1-2,9H2,(H,25,30)(H,26,31). The van der Waals surface area contributed by atoms with Crippen molar-refractivity contribution in [1.29, 1.82) is 0 Å². The van der Waals surface area contributed by atoms with E-state index in [4.69, 9.17) is 11.6 Å². The van der Waals surface area contributed by atoms with E-state index in [1.165, 1.54) is 23.1 Å². The van der Waals surface area contributed by atoms with E-state index in [9.17, 15) is 18.4 Å². The normalized spacial score (nSPS) is 13.3. The van der Waals surface area contributed by atoms with Gasteiger partial charge in [0.05, 0.1) is 10.7 Å². The van der Waals surface area contributed by atoms with E-state index >= 15 is 0 Å². The quantitative estimate of drug-likeness (QED) is 0.471. The van der Waals surface area contributed by atoms with Crippen LogP contribution in [0, 0.1) is 11.6 Å². The molecule has 1 aliphatic heterocycles. The lowest BCUT2D eigenvalue weighted by molar-refractivity contribution is 0.206. The molecule has 8 nitrogen and oxygen atoms in total. The molecule has 3 heterocycles. The Bertz CT molecular complexity index is 1430. The summed E-state index contributed by atoms with van der Waals surface area (Å²) in [6.07, 6.45) is 2.08. The van der Waals surface area contributed by atoms with Crippen molar-refractivity contribution >= 4 is 34.4 Å². The van der Waals surface area contributed by atoms with Crippen LogP contribution in [-0.2, 0) is 13.0 Å².